The van der Waals surface area contributed by atoms with E-state index in [-0.39, 0.29) is 11.8 Å². The number of carbonyl (C=O) groups excluding carboxylic acids is 2. The Morgan fingerprint density at radius 2 is 2.08 bits per heavy atom. The summed E-state index contributed by atoms with van der Waals surface area (Å²) < 4.78 is 0. The molecule has 0 spiro atoms. The highest BCUT2D eigenvalue weighted by Crippen LogP contribution is 2.32. The normalized spacial score (nSPS) is 35.7. The van der Waals surface area contributed by atoms with Gasteiger partial charge >= 0.3 is 0 Å². The number of hydrogen-bond acceptors (Lipinski definition) is 2. The maximum atomic E-state index is 11.3. The van der Waals surface area contributed by atoms with Gasteiger partial charge < -0.3 is 5.32 Å². The van der Waals surface area contributed by atoms with Crippen LogP contribution in [0.3, 0.4) is 0 Å². The lowest BCUT2D eigenvalue weighted by molar-refractivity contribution is -0.133. The van der Waals surface area contributed by atoms with E-state index in [0.29, 0.717) is 24.5 Å². The van der Waals surface area contributed by atoms with Crippen molar-refractivity contribution >= 4 is 11.7 Å². The van der Waals surface area contributed by atoms with Gasteiger partial charge in [-0.25, -0.2) is 0 Å². The van der Waals surface area contributed by atoms with E-state index in [1.807, 2.05) is 0 Å². The van der Waals surface area contributed by atoms with Crippen molar-refractivity contribution in [3.05, 3.63) is 0 Å². The smallest absolute Gasteiger partial charge is 0.223 e. The van der Waals surface area contributed by atoms with Crippen molar-refractivity contribution in [3.63, 3.8) is 0 Å². The fraction of sp³-hybridized carbons (Fsp3) is 0.778. The summed E-state index contributed by atoms with van der Waals surface area (Å²) in [4.78, 5) is 22.4. The maximum absolute atomic E-state index is 11.3. The fourth-order valence-corrected chi connectivity index (χ4v) is 2.25. The van der Waals surface area contributed by atoms with Crippen LogP contribution >= 0.6 is 0 Å². The largest absolute Gasteiger partial charge is 0.356 e. The predicted octanol–water partition coefficient (Wildman–Crippen LogP) is 0.492. The summed E-state index contributed by atoms with van der Waals surface area (Å²) in [6.07, 6.45) is 3.00. The van der Waals surface area contributed by atoms with Gasteiger partial charge in [0.2, 0.25) is 5.91 Å². The number of amides is 1. The van der Waals surface area contributed by atoms with E-state index in [1.54, 1.807) is 0 Å². The zero-order valence-electron chi connectivity index (χ0n) is 7.01. The van der Waals surface area contributed by atoms with Gasteiger partial charge in [-0.2, -0.15) is 0 Å². The van der Waals surface area contributed by atoms with Gasteiger partial charge in [0, 0.05) is 25.3 Å². The van der Waals surface area contributed by atoms with Crippen LogP contribution in [-0.2, 0) is 9.59 Å². The van der Waals surface area contributed by atoms with E-state index in [1.165, 1.54) is 0 Å². The molecule has 1 amide bonds. The SMILES string of the molecule is O=C1CC[C@@H]2C(=O)NCC[C@@H]2C1. The third-order valence-corrected chi connectivity index (χ3v) is 2.94. The highest BCUT2D eigenvalue weighted by molar-refractivity contribution is 5.85. The summed E-state index contributed by atoms with van der Waals surface area (Å²) >= 11 is 0. The molecule has 1 N–H and O–H groups in total. The Bertz CT molecular complexity index is 225. The van der Waals surface area contributed by atoms with Crippen LogP contribution in [0, 0.1) is 11.8 Å². The zero-order chi connectivity index (χ0) is 8.55. The highest BCUT2D eigenvalue weighted by Gasteiger charge is 2.36. The molecule has 2 fully saturated rings. The minimum atomic E-state index is 0.136. The van der Waals surface area contributed by atoms with Crippen LogP contribution in [0.4, 0.5) is 0 Å². The van der Waals surface area contributed by atoms with Crippen LogP contribution < -0.4 is 5.32 Å². The van der Waals surface area contributed by atoms with Gasteiger partial charge in [0.05, 0.1) is 0 Å². The summed E-state index contributed by atoms with van der Waals surface area (Å²) in [5.74, 6) is 0.987. The molecule has 66 valence electrons. The molecule has 2 rings (SSSR count). The lowest BCUT2D eigenvalue weighted by Crippen LogP contribution is -2.44. The molecule has 3 nitrogen and oxygen atoms in total. The molecule has 1 heterocycles. The van der Waals surface area contributed by atoms with Gasteiger partial charge in [0.25, 0.3) is 0 Å². The monoisotopic (exact) mass is 167 g/mol. The van der Waals surface area contributed by atoms with E-state index in [9.17, 15) is 9.59 Å². The molecular weight excluding hydrogens is 154 g/mol. The van der Waals surface area contributed by atoms with Crippen molar-refractivity contribution in [3.8, 4) is 0 Å². The van der Waals surface area contributed by atoms with Crippen molar-refractivity contribution in [2.24, 2.45) is 11.8 Å². The molecular formula is C9H13NO2. The number of nitrogens with one attached hydrogen (secondary N) is 1. The van der Waals surface area contributed by atoms with Crippen molar-refractivity contribution in [1.82, 2.24) is 5.32 Å². The second-order valence-corrected chi connectivity index (χ2v) is 3.73. The molecule has 12 heavy (non-hydrogen) atoms. The highest BCUT2D eigenvalue weighted by atomic mass is 16.2. The van der Waals surface area contributed by atoms with E-state index < -0.39 is 0 Å². The van der Waals surface area contributed by atoms with Crippen LogP contribution in [0.25, 0.3) is 0 Å². The van der Waals surface area contributed by atoms with Gasteiger partial charge in [-0.05, 0) is 18.8 Å². The Hall–Kier alpha value is -0.860. The Kier molecular flexibility index (Phi) is 1.87. The number of Topliss-reactive ketones (excluding diaryl/α,β-unsaturated/α-hetero) is 1. The summed E-state index contributed by atoms with van der Waals surface area (Å²) in [6, 6.07) is 0. The third-order valence-electron chi connectivity index (χ3n) is 2.94. The van der Waals surface area contributed by atoms with Gasteiger partial charge in [-0.15, -0.1) is 0 Å². The molecule has 2 aliphatic rings. The number of ketones is 1. The minimum absolute atomic E-state index is 0.136. The van der Waals surface area contributed by atoms with Crippen LogP contribution in [0.1, 0.15) is 25.7 Å². The first-order chi connectivity index (χ1) is 5.77. The van der Waals surface area contributed by atoms with Crippen molar-refractivity contribution in [1.29, 1.82) is 0 Å². The molecule has 3 heteroatoms. The van der Waals surface area contributed by atoms with E-state index in [0.717, 1.165) is 19.4 Å². The van der Waals surface area contributed by atoms with Gasteiger partial charge in [0.1, 0.15) is 5.78 Å². The zero-order valence-corrected chi connectivity index (χ0v) is 7.01. The fourth-order valence-electron chi connectivity index (χ4n) is 2.25. The van der Waals surface area contributed by atoms with Crippen LogP contribution in [-0.4, -0.2) is 18.2 Å². The predicted molar refractivity (Wildman–Crippen MR) is 43.5 cm³/mol. The standard InChI is InChI=1S/C9H13NO2/c11-7-1-2-8-6(5-7)3-4-10-9(8)12/h6,8H,1-5H2,(H,10,12)/t6-,8+/m1/s1. The molecule has 0 aromatic heterocycles. The van der Waals surface area contributed by atoms with Crippen LogP contribution in [0.5, 0.6) is 0 Å². The molecule has 2 atom stereocenters. The lowest BCUT2D eigenvalue weighted by atomic mass is 9.75. The number of piperidine rings is 1. The Balaban J connectivity index is 2.09. The average molecular weight is 167 g/mol. The molecule has 1 aliphatic carbocycles. The van der Waals surface area contributed by atoms with E-state index in [4.69, 9.17) is 0 Å². The van der Waals surface area contributed by atoms with Crippen molar-refractivity contribution in [2.45, 2.75) is 25.7 Å². The number of rotatable bonds is 0. The number of hydrogen-bond donors (Lipinski definition) is 1. The Morgan fingerprint density at radius 1 is 1.25 bits per heavy atom. The summed E-state index contributed by atoms with van der Waals surface area (Å²) in [6.45, 7) is 0.757. The second kappa shape index (κ2) is 2.88. The third kappa shape index (κ3) is 1.24. The first kappa shape index (κ1) is 7.77. The van der Waals surface area contributed by atoms with Crippen molar-refractivity contribution < 1.29 is 9.59 Å². The number of carbonyl (C=O) groups is 2. The van der Waals surface area contributed by atoms with Crippen LogP contribution in [0.15, 0.2) is 0 Å². The minimum Gasteiger partial charge on any atom is -0.356 e. The molecule has 0 bridgehead atoms. The van der Waals surface area contributed by atoms with Gasteiger partial charge in [0.15, 0.2) is 0 Å². The van der Waals surface area contributed by atoms with Crippen LogP contribution in [0.2, 0.25) is 0 Å². The first-order valence-electron chi connectivity index (χ1n) is 4.57. The van der Waals surface area contributed by atoms with Gasteiger partial charge in [-0.3, -0.25) is 9.59 Å². The lowest BCUT2D eigenvalue weighted by Gasteiger charge is -2.33. The molecule has 1 saturated heterocycles. The summed E-state index contributed by atoms with van der Waals surface area (Å²) in [5.41, 5.74) is 0. The molecule has 0 aromatic rings. The molecule has 0 aromatic carbocycles. The number of fused-ring (bicyclic) bond motifs is 1. The molecule has 0 unspecified atom stereocenters. The van der Waals surface area contributed by atoms with E-state index >= 15 is 0 Å². The quantitative estimate of drug-likeness (QED) is 0.570. The Labute approximate surface area is 71.5 Å². The first-order valence-corrected chi connectivity index (χ1v) is 4.57. The summed E-state index contributed by atoms with van der Waals surface area (Å²) in [7, 11) is 0. The maximum Gasteiger partial charge on any atom is 0.223 e. The topological polar surface area (TPSA) is 46.2 Å². The Morgan fingerprint density at radius 3 is 2.92 bits per heavy atom. The van der Waals surface area contributed by atoms with E-state index in [2.05, 4.69) is 5.32 Å². The summed E-state index contributed by atoms with van der Waals surface area (Å²) in [5, 5.41) is 2.85. The average Bonchev–Trinajstić information content (AvgIpc) is 2.04. The second-order valence-electron chi connectivity index (χ2n) is 3.73. The molecule has 1 aliphatic heterocycles. The molecule has 1 saturated carbocycles. The van der Waals surface area contributed by atoms with Gasteiger partial charge in [-0.1, -0.05) is 0 Å². The van der Waals surface area contributed by atoms with Crippen molar-refractivity contribution in [2.75, 3.05) is 6.54 Å². The molecule has 0 radical (unpaired) electrons.